The molecule has 0 aromatic heterocycles. The molecule has 0 fully saturated rings. The van der Waals surface area contributed by atoms with Gasteiger partial charge >= 0.3 is 0 Å². The predicted molar refractivity (Wildman–Crippen MR) is 63.8 cm³/mol. The van der Waals surface area contributed by atoms with Crippen LogP contribution in [-0.4, -0.2) is 5.21 Å². The van der Waals surface area contributed by atoms with E-state index in [4.69, 9.17) is 9.94 Å². The third kappa shape index (κ3) is 2.79. The maximum absolute atomic E-state index is 10.2. The van der Waals surface area contributed by atoms with Crippen molar-refractivity contribution in [2.45, 2.75) is 0 Å². The lowest BCUT2D eigenvalue weighted by Crippen LogP contribution is -1.88. The molecular formula is C12H10N2O3. The Bertz CT molecular complexity index is 494. The smallest absolute Gasteiger partial charge is 0.127 e. The van der Waals surface area contributed by atoms with Crippen LogP contribution in [-0.2, 0) is 0 Å². The molecule has 0 spiro atoms. The first kappa shape index (κ1) is 11.1. The van der Waals surface area contributed by atoms with Crippen LogP contribution in [0.1, 0.15) is 0 Å². The molecule has 0 saturated heterocycles. The van der Waals surface area contributed by atoms with Crippen molar-refractivity contribution in [3.8, 4) is 11.5 Å². The normalized spacial score (nSPS) is 9.71. The van der Waals surface area contributed by atoms with Gasteiger partial charge in [-0.3, -0.25) is 10.7 Å². The molecule has 5 nitrogen and oxygen atoms in total. The van der Waals surface area contributed by atoms with Crippen LogP contribution in [0.2, 0.25) is 0 Å². The maximum atomic E-state index is 10.2. The van der Waals surface area contributed by atoms with Crippen molar-refractivity contribution in [3.05, 3.63) is 53.4 Å². The fourth-order valence-corrected chi connectivity index (χ4v) is 1.31. The molecule has 0 aliphatic heterocycles. The highest BCUT2D eigenvalue weighted by Crippen LogP contribution is 2.24. The van der Waals surface area contributed by atoms with Crippen LogP contribution in [0.25, 0.3) is 0 Å². The number of nitroso groups, excluding NO2 is 1. The van der Waals surface area contributed by atoms with Crippen LogP contribution in [0, 0.1) is 4.91 Å². The van der Waals surface area contributed by atoms with Gasteiger partial charge in [-0.2, -0.15) is 0 Å². The molecule has 17 heavy (non-hydrogen) atoms. The summed E-state index contributed by atoms with van der Waals surface area (Å²) in [6.45, 7) is 0. The zero-order valence-electron chi connectivity index (χ0n) is 8.83. The first-order valence-corrected chi connectivity index (χ1v) is 4.93. The fourth-order valence-electron chi connectivity index (χ4n) is 1.31. The zero-order chi connectivity index (χ0) is 12.1. The first-order valence-electron chi connectivity index (χ1n) is 4.93. The molecule has 0 aliphatic rings. The Kier molecular flexibility index (Phi) is 3.32. The summed E-state index contributed by atoms with van der Waals surface area (Å²) in [5.74, 6) is 1.25. The summed E-state index contributed by atoms with van der Waals surface area (Å²) in [6, 6.07) is 13.3. The lowest BCUT2D eigenvalue weighted by molar-refractivity contribution is 0.388. The molecule has 0 heterocycles. The van der Waals surface area contributed by atoms with E-state index in [9.17, 15) is 4.91 Å². The second kappa shape index (κ2) is 5.09. The van der Waals surface area contributed by atoms with Crippen LogP contribution in [0.3, 0.4) is 0 Å². The fraction of sp³-hybridized carbons (Fsp3) is 0. The molecule has 2 N–H and O–H groups in total. The van der Waals surface area contributed by atoms with Crippen LogP contribution < -0.4 is 10.2 Å². The van der Waals surface area contributed by atoms with Gasteiger partial charge < -0.3 is 4.74 Å². The summed E-state index contributed by atoms with van der Waals surface area (Å²) in [6.07, 6.45) is 0. The Labute approximate surface area is 97.6 Å². The number of ether oxygens (including phenoxy) is 1. The summed E-state index contributed by atoms with van der Waals surface area (Å²) < 4.78 is 5.52. The monoisotopic (exact) mass is 230 g/mol. The van der Waals surface area contributed by atoms with E-state index >= 15 is 0 Å². The molecule has 0 atom stereocenters. The molecule has 0 unspecified atom stereocenters. The predicted octanol–water partition coefficient (Wildman–Crippen LogP) is 3.68. The van der Waals surface area contributed by atoms with Crippen LogP contribution in [0.15, 0.2) is 53.7 Å². The van der Waals surface area contributed by atoms with Crippen molar-refractivity contribution in [2.24, 2.45) is 5.18 Å². The number of nitrogens with one attached hydrogen (secondary N) is 1. The minimum atomic E-state index is 0.358. The highest BCUT2D eigenvalue weighted by atomic mass is 16.5. The van der Waals surface area contributed by atoms with Gasteiger partial charge in [-0.1, -0.05) is 0 Å². The molecule has 0 radical (unpaired) electrons. The van der Waals surface area contributed by atoms with Crippen molar-refractivity contribution >= 4 is 11.4 Å². The molecule has 0 saturated carbocycles. The van der Waals surface area contributed by atoms with E-state index in [0.717, 1.165) is 0 Å². The van der Waals surface area contributed by atoms with Crippen LogP contribution in [0.4, 0.5) is 11.4 Å². The van der Waals surface area contributed by atoms with Crippen molar-refractivity contribution in [3.63, 3.8) is 0 Å². The summed E-state index contributed by atoms with van der Waals surface area (Å²) in [5.41, 5.74) is 2.97. The van der Waals surface area contributed by atoms with Crippen molar-refractivity contribution in [1.29, 1.82) is 0 Å². The van der Waals surface area contributed by atoms with Gasteiger partial charge in [-0.05, 0) is 53.7 Å². The van der Waals surface area contributed by atoms with E-state index < -0.39 is 0 Å². The molecular weight excluding hydrogens is 220 g/mol. The van der Waals surface area contributed by atoms with Crippen molar-refractivity contribution in [2.75, 3.05) is 5.48 Å². The SMILES string of the molecule is O=Nc1ccc(Oc2ccc(NO)cc2)cc1. The Hall–Kier alpha value is -2.40. The topological polar surface area (TPSA) is 70.9 Å². The number of hydrogen-bond donors (Lipinski definition) is 2. The van der Waals surface area contributed by atoms with Gasteiger partial charge in [0.15, 0.2) is 0 Å². The van der Waals surface area contributed by atoms with Crippen LogP contribution in [0.5, 0.6) is 11.5 Å². The largest absolute Gasteiger partial charge is 0.457 e. The lowest BCUT2D eigenvalue weighted by atomic mass is 10.3. The van der Waals surface area contributed by atoms with Crippen molar-refractivity contribution < 1.29 is 9.94 Å². The Morgan fingerprint density at radius 3 is 1.94 bits per heavy atom. The zero-order valence-corrected chi connectivity index (χ0v) is 8.83. The van der Waals surface area contributed by atoms with Gasteiger partial charge in [0.25, 0.3) is 0 Å². The van der Waals surface area contributed by atoms with Gasteiger partial charge in [0.05, 0.1) is 5.69 Å². The van der Waals surface area contributed by atoms with E-state index in [1.807, 2.05) is 5.48 Å². The standard InChI is InChI=1S/C12H10N2O3/c15-13-9-1-5-11(6-2-9)17-12-7-3-10(14-16)4-8-12/h1-8,13,15H. The molecule has 2 aromatic carbocycles. The third-order valence-corrected chi connectivity index (χ3v) is 2.16. The molecule has 86 valence electrons. The number of rotatable bonds is 4. The van der Waals surface area contributed by atoms with E-state index in [0.29, 0.717) is 22.9 Å². The maximum Gasteiger partial charge on any atom is 0.127 e. The van der Waals surface area contributed by atoms with E-state index in [1.165, 1.54) is 0 Å². The number of nitrogens with zero attached hydrogens (tertiary/aromatic N) is 1. The highest BCUT2D eigenvalue weighted by molar-refractivity contribution is 5.46. The third-order valence-electron chi connectivity index (χ3n) is 2.16. The molecule has 0 amide bonds. The summed E-state index contributed by atoms with van der Waals surface area (Å²) >= 11 is 0. The summed E-state index contributed by atoms with van der Waals surface area (Å²) in [7, 11) is 0. The van der Waals surface area contributed by atoms with Crippen LogP contribution >= 0.6 is 0 Å². The average molecular weight is 230 g/mol. The number of hydrogen-bond acceptors (Lipinski definition) is 5. The highest BCUT2D eigenvalue weighted by Gasteiger charge is 1.98. The average Bonchev–Trinajstić information content (AvgIpc) is 2.40. The van der Waals surface area contributed by atoms with E-state index in [2.05, 4.69) is 5.18 Å². The van der Waals surface area contributed by atoms with Gasteiger partial charge in [0.1, 0.15) is 17.2 Å². The minimum absolute atomic E-state index is 0.358. The molecule has 2 rings (SSSR count). The first-order chi connectivity index (χ1) is 8.31. The lowest BCUT2D eigenvalue weighted by Gasteiger charge is -2.06. The van der Waals surface area contributed by atoms with E-state index in [-0.39, 0.29) is 0 Å². The minimum Gasteiger partial charge on any atom is -0.457 e. The number of benzene rings is 2. The Morgan fingerprint density at radius 1 is 0.941 bits per heavy atom. The van der Waals surface area contributed by atoms with Gasteiger partial charge in [0, 0.05) is 0 Å². The summed E-state index contributed by atoms with van der Waals surface area (Å²) in [4.78, 5) is 10.2. The van der Waals surface area contributed by atoms with Gasteiger partial charge in [-0.15, -0.1) is 4.91 Å². The Balaban J connectivity index is 2.10. The number of anilines is 1. The van der Waals surface area contributed by atoms with E-state index in [1.54, 1.807) is 48.5 Å². The second-order valence-corrected chi connectivity index (χ2v) is 3.32. The summed E-state index contributed by atoms with van der Waals surface area (Å²) in [5, 5.41) is 11.4. The molecule has 0 bridgehead atoms. The second-order valence-electron chi connectivity index (χ2n) is 3.32. The van der Waals surface area contributed by atoms with Crippen molar-refractivity contribution in [1.82, 2.24) is 0 Å². The molecule has 5 heteroatoms. The van der Waals surface area contributed by atoms with Gasteiger partial charge in [0.2, 0.25) is 0 Å². The Morgan fingerprint density at radius 2 is 1.47 bits per heavy atom. The molecule has 2 aromatic rings. The quantitative estimate of drug-likeness (QED) is 0.620. The van der Waals surface area contributed by atoms with Gasteiger partial charge in [-0.25, -0.2) is 0 Å². The molecule has 0 aliphatic carbocycles.